The van der Waals surface area contributed by atoms with Crippen LogP contribution in [0.3, 0.4) is 0 Å². The molecule has 2 saturated carbocycles. The van der Waals surface area contributed by atoms with E-state index in [4.69, 9.17) is 4.52 Å². The Kier molecular flexibility index (Phi) is 6.51. The Bertz CT molecular complexity index is 527. The van der Waals surface area contributed by atoms with Crippen LogP contribution in [-0.2, 0) is 11.3 Å². The lowest BCUT2D eigenvalue weighted by Crippen LogP contribution is -2.51. The minimum atomic E-state index is 0.307. The molecule has 0 spiro atoms. The molecule has 0 aliphatic heterocycles. The number of aromatic nitrogens is 1. The van der Waals surface area contributed by atoms with Crippen LogP contribution in [0.4, 0.5) is 0 Å². The normalized spacial score (nSPS) is 20.1. The third kappa shape index (κ3) is 5.06. The van der Waals surface area contributed by atoms with Gasteiger partial charge in [0.1, 0.15) is 5.76 Å². The maximum Gasteiger partial charge on any atom is 0.237 e. The summed E-state index contributed by atoms with van der Waals surface area (Å²) in [6.07, 6.45) is 12.5. The fourth-order valence-corrected chi connectivity index (χ4v) is 4.56. The van der Waals surface area contributed by atoms with Gasteiger partial charge in [0.05, 0.1) is 12.2 Å². The van der Waals surface area contributed by atoms with Gasteiger partial charge in [-0.25, -0.2) is 0 Å². The van der Waals surface area contributed by atoms with E-state index in [-0.39, 0.29) is 0 Å². The lowest BCUT2D eigenvalue weighted by molar-refractivity contribution is -0.139. The summed E-state index contributed by atoms with van der Waals surface area (Å²) in [5.74, 6) is 1.13. The van der Waals surface area contributed by atoms with Crippen molar-refractivity contribution in [3.63, 3.8) is 0 Å². The average Bonchev–Trinajstić information content (AvgIpc) is 3.01. The standard InChI is InChI=1S/C20H33N3O2/c1-16-13-17(21-25-16)14-22(2)15-20(24)23(18-9-5-3-6-10-18)19-11-7-4-8-12-19/h13,18-19H,3-12,14-15H2,1-2H3. The van der Waals surface area contributed by atoms with Gasteiger partial charge in [-0.15, -0.1) is 0 Å². The predicted molar refractivity (Wildman–Crippen MR) is 98.2 cm³/mol. The van der Waals surface area contributed by atoms with Crippen LogP contribution in [0, 0.1) is 6.92 Å². The van der Waals surface area contributed by atoms with Gasteiger partial charge in [-0.1, -0.05) is 43.7 Å². The van der Waals surface area contributed by atoms with Crippen molar-refractivity contribution >= 4 is 5.91 Å². The van der Waals surface area contributed by atoms with Crippen molar-refractivity contribution in [2.45, 2.75) is 89.8 Å². The van der Waals surface area contributed by atoms with E-state index < -0.39 is 0 Å². The maximum absolute atomic E-state index is 13.2. The molecular weight excluding hydrogens is 314 g/mol. The summed E-state index contributed by atoms with van der Waals surface area (Å²) in [6, 6.07) is 2.88. The second-order valence-corrected chi connectivity index (χ2v) is 7.99. The zero-order valence-electron chi connectivity index (χ0n) is 15.9. The second-order valence-electron chi connectivity index (χ2n) is 7.99. The molecule has 1 aromatic rings. The molecule has 0 bridgehead atoms. The van der Waals surface area contributed by atoms with E-state index in [1.54, 1.807) is 0 Å². The smallest absolute Gasteiger partial charge is 0.237 e. The minimum absolute atomic E-state index is 0.307. The second kappa shape index (κ2) is 8.84. The molecule has 0 atom stereocenters. The highest BCUT2D eigenvalue weighted by atomic mass is 16.5. The van der Waals surface area contributed by atoms with Crippen LogP contribution in [0.2, 0.25) is 0 Å². The lowest BCUT2D eigenvalue weighted by Gasteiger charge is -2.42. The van der Waals surface area contributed by atoms with Crippen molar-refractivity contribution in [1.29, 1.82) is 0 Å². The van der Waals surface area contributed by atoms with Gasteiger partial charge in [0, 0.05) is 24.7 Å². The highest BCUT2D eigenvalue weighted by molar-refractivity contribution is 5.79. The van der Waals surface area contributed by atoms with Crippen LogP contribution in [0.5, 0.6) is 0 Å². The van der Waals surface area contributed by atoms with Crippen LogP contribution < -0.4 is 0 Å². The Labute approximate surface area is 151 Å². The van der Waals surface area contributed by atoms with Crippen molar-refractivity contribution in [3.8, 4) is 0 Å². The van der Waals surface area contributed by atoms with E-state index in [1.807, 2.05) is 20.0 Å². The Hall–Kier alpha value is -1.36. The largest absolute Gasteiger partial charge is 0.361 e. The number of rotatable bonds is 6. The number of carbonyl (C=O) groups excluding carboxylic acids is 1. The Morgan fingerprint density at radius 3 is 2.12 bits per heavy atom. The molecule has 0 unspecified atom stereocenters. The zero-order valence-corrected chi connectivity index (χ0v) is 15.9. The fraction of sp³-hybridized carbons (Fsp3) is 0.800. The van der Waals surface area contributed by atoms with E-state index in [1.165, 1.54) is 64.2 Å². The minimum Gasteiger partial charge on any atom is -0.361 e. The van der Waals surface area contributed by atoms with Crippen molar-refractivity contribution in [2.75, 3.05) is 13.6 Å². The Morgan fingerprint density at radius 2 is 1.64 bits per heavy atom. The molecule has 5 heteroatoms. The van der Waals surface area contributed by atoms with Crippen molar-refractivity contribution in [2.24, 2.45) is 0 Å². The Balaban J connectivity index is 1.62. The summed E-state index contributed by atoms with van der Waals surface area (Å²) < 4.78 is 5.14. The van der Waals surface area contributed by atoms with Crippen molar-refractivity contribution in [1.82, 2.24) is 15.0 Å². The van der Waals surface area contributed by atoms with Crippen molar-refractivity contribution in [3.05, 3.63) is 17.5 Å². The first-order valence-electron chi connectivity index (χ1n) is 10.1. The number of aryl methyl sites for hydroxylation is 1. The van der Waals surface area contributed by atoms with Gasteiger partial charge in [-0.2, -0.15) is 0 Å². The average molecular weight is 348 g/mol. The number of likely N-dealkylation sites (N-methyl/N-ethyl adjacent to an activating group) is 1. The van der Waals surface area contributed by atoms with Crippen LogP contribution in [0.1, 0.15) is 75.7 Å². The van der Waals surface area contributed by atoms with Gasteiger partial charge in [0.25, 0.3) is 0 Å². The fourth-order valence-electron chi connectivity index (χ4n) is 4.56. The first kappa shape index (κ1) is 18.4. The molecule has 2 fully saturated rings. The van der Waals surface area contributed by atoms with Gasteiger partial charge in [0.2, 0.25) is 5.91 Å². The zero-order chi connectivity index (χ0) is 17.6. The molecule has 2 aliphatic carbocycles. The highest BCUT2D eigenvalue weighted by Crippen LogP contribution is 2.30. The molecular formula is C20H33N3O2. The quantitative estimate of drug-likeness (QED) is 0.783. The number of hydrogen-bond acceptors (Lipinski definition) is 4. The molecule has 0 saturated heterocycles. The molecule has 2 aliphatic rings. The third-order valence-electron chi connectivity index (χ3n) is 5.74. The number of amides is 1. The van der Waals surface area contributed by atoms with Gasteiger partial charge >= 0.3 is 0 Å². The van der Waals surface area contributed by atoms with Crippen LogP contribution in [0.25, 0.3) is 0 Å². The monoisotopic (exact) mass is 347 g/mol. The number of nitrogens with zero attached hydrogens (tertiary/aromatic N) is 3. The van der Waals surface area contributed by atoms with Crippen molar-refractivity contribution < 1.29 is 9.32 Å². The van der Waals surface area contributed by atoms with Crippen LogP contribution in [-0.4, -0.2) is 46.5 Å². The van der Waals surface area contributed by atoms with Crippen LogP contribution in [0.15, 0.2) is 10.6 Å². The summed E-state index contributed by atoms with van der Waals surface area (Å²) in [7, 11) is 2.00. The van der Waals surface area contributed by atoms with Gasteiger partial charge in [0.15, 0.2) is 0 Å². The predicted octanol–water partition coefficient (Wildman–Crippen LogP) is 3.91. The SMILES string of the molecule is Cc1cc(CN(C)CC(=O)N(C2CCCCC2)C2CCCCC2)no1. The van der Waals surface area contributed by atoms with Gasteiger partial charge in [-0.3, -0.25) is 9.69 Å². The topological polar surface area (TPSA) is 49.6 Å². The lowest BCUT2D eigenvalue weighted by atomic mass is 9.88. The molecule has 1 aromatic heterocycles. The van der Waals surface area contributed by atoms with E-state index >= 15 is 0 Å². The molecule has 0 aromatic carbocycles. The summed E-state index contributed by atoms with van der Waals surface area (Å²) in [5.41, 5.74) is 0.898. The third-order valence-corrected chi connectivity index (χ3v) is 5.74. The maximum atomic E-state index is 13.2. The summed E-state index contributed by atoms with van der Waals surface area (Å²) >= 11 is 0. The van der Waals surface area contributed by atoms with E-state index in [0.29, 0.717) is 31.1 Å². The molecule has 5 nitrogen and oxygen atoms in total. The molecule has 0 N–H and O–H groups in total. The molecule has 140 valence electrons. The van der Waals surface area contributed by atoms with E-state index in [2.05, 4.69) is 15.0 Å². The first-order chi connectivity index (χ1) is 12.1. The number of hydrogen-bond donors (Lipinski definition) is 0. The molecule has 1 heterocycles. The first-order valence-corrected chi connectivity index (χ1v) is 10.1. The molecule has 25 heavy (non-hydrogen) atoms. The van der Waals surface area contributed by atoms with Crippen LogP contribution >= 0.6 is 0 Å². The highest BCUT2D eigenvalue weighted by Gasteiger charge is 2.32. The van der Waals surface area contributed by atoms with Gasteiger partial charge < -0.3 is 9.42 Å². The summed E-state index contributed by atoms with van der Waals surface area (Å²) in [5, 5.41) is 4.05. The van der Waals surface area contributed by atoms with E-state index in [9.17, 15) is 4.79 Å². The number of carbonyl (C=O) groups is 1. The molecule has 1 amide bonds. The summed E-state index contributed by atoms with van der Waals surface area (Å²) in [4.78, 5) is 17.6. The molecule has 0 radical (unpaired) electrons. The van der Waals surface area contributed by atoms with Gasteiger partial charge in [-0.05, 0) is 39.7 Å². The van der Waals surface area contributed by atoms with E-state index in [0.717, 1.165) is 11.5 Å². The Morgan fingerprint density at radius 1 is 1.08 bits per heavy atom. The molecule has 3 rings (SSSR count). The summed E-state index contributed by atoms with van der Waals surface area (Å²) in [6.45, 7) is 3.03.